The zero-order valence-corrected chi connectivity index (χ0v) is 18.5. The molecule has 0 radical (unpaired) electrons. The number of likely N-dealkylation sites (tertiary alicyclic amines) is 1. The van der Waals surface area contributed by atoms with Crippen LogP contribution in [0.25, 0.3) is 11.0 Å². The van der Waals surface area contributed by atoms with Crippen LogP contribution in [0.5, 0.6) is 0 Å². The summed E-state index contributed by atoms with van der Waals surface area (Å²) in [5.41, 5.74) is 3.85. The summed E-state index contributed by atoms with van der Waals surface area (Å²) in [6.07, 6.45) is -2.90. The Kier molecular flexibility index (Phi) is 8.11. The van der Waals surface area contributed by atoms with E-state index >= 15 is 0 Å². The van der Waals surface area contributed by atoms with Gasteiger partial charge in [0.25, 0.3) is 0 Å². The summed E-state index contributed by atoms with van der Waals surface area (Å²) in [4.78, 5) is 28.3. The smallest absolute Gasteiger partial charge is 0.475 e. The molecule has 0 saturated carbocycles. The largest absolute Gasteiger partial charge is 0.490 e. The summed E-state index contributed by atoms with van der Waals surface area (Å²) in [6, 6.07) is 13.5. The Morgan fingerprint density at radius 3 is 2.29 bits per heavy atom. The van der Waals surface area contributed by atoms with E-state index in [4.69, 9.17) is 9.90 Å². The number of piperidine rings is 1. The molecule has 2 aromatic carbocycles. The molecule has 34 heavy (non-hydrogen) atoms. The Morgan fingerprint density at radius 2 is 1.71 bits per heavy atom. The van der Waals surface area contributed by atoms with Crippen LogP contribution in [0.4, 0.5) is 17.6 Å². The Balaban J connectivity index is 0.000000406. The SMILES string of the molecule is CC(NC1CCN(Cc2ccc(F)cc2)CC1)c1ccc2[nH]c(=O)[nH]c2c1.O=C(O)C(F)(F)F. The topological polar surface area (TPSA) is 101 Å². The number of carbonyl (C=O) groups is 1. The van der Waals surface area contributed by atoms with Gasteiger partial charge in [0.1, 0.15) is 5.82 Å². The highest BCUT2D eigenvalue weighted by Crippen LogP contribution is 2.21. The molecule has 0 bridgehead atoms. The minimum Gasteiger partial charge on any atom is -0.475 e. The van der Waals surface area contributed by atoms with E-state index in [1.807, 2.05) is 24.3 Å². The lowest BCUT2D eigenvalue weighted by Gasteiger charge is -2.34. The monoisotopic (exact) mass is 482 g/mol. The second-order valence-corrected chi connectivity index (χ2v) is 8.25. The van der Waals surface area contributed by atoms with Crippen LogP contribution in [-0.4, -0.2) is 51.3 Å². The number of H-pyrrole nitrogens is 2. The lowest BCUT2D eigenvalue weighted by Crippen LogP contribution is -2.42. The predicted molar refractivity (Wildman–Crippen MR) is 119 cm³/mol. The molecule has 1 unspecified atom stereocenters. The van der Waals surface area contributed by atoms with Crippen molar-refractivity contribution in [2.45, 2.75) is 44.6 Å². The summed E-state index contributed by atoms with van der Waals surface area (Å²) in [7, 11) is 0. The summed E-state index contributed by atoms with van der Waals surface area (Å²) in [6.45, 7) is 5.11. The third-order valence-corrected chi connectivity index (χ3v) is 5.68. The highest BCUT2D eigenvalue weighted by atomic mass is 19.4. The second-order valence-electron chi connectivity index (χ2n) is 8.25. The Labute approximate surface area is 192 Å². The van der Waals surface area contributed by atoms with Gasteiger partial charge in [0, 0.05) is 18.6 Å². The number of hydrogen-bond donors (Lipinski definition) is 4. The molecule has 2 heterocycles. The molecule has 4 rings (SSSR count). The average Bonchev–Trinajstić information content (AvgIpc) is 3.15. The van der Waals surface area contributed by atoms with Gasteiger partial charge < -0.3 is 20.4 Å². The normalized spacial score (nSPS) is 16.1. The number of hydrogen-bond acceptors (Lipinski definition) is 4. The van der Waals surface area contributed by atoms with Gasteiger partial charge in [0.05, 0.1) is 11.0 Å². The van der Waals surface area contributed by atoms with E-state index in [0.29, 0.717) is 6.04 Å². The summed E-state index contributed by atoms with van der Waals surface area (Å²) in [5, 5.41) is 10.8. The van der Waals surface area contributed by atoms with E-state index in [1.54, 1.807) is 0 Å². The van der Waals surface area contributed by atoms with Crippen LogP contribution < -0.4 is 11.0 Å². The van der Waals surface area contributed by atoms with Gasteiger partial charge in [-0.2, -0.15) is 13.2 Å². The maximum atomic E-state index is 13.0. The van der Waals surface area contributed by atoms with Crippen LogP contribution in [0.2, 0.25) is 0 Å². The van der Waals surface area contributed by atoms with Crippen molar-refractivity contribution in [1.82, 2.24) is 20.2 Å². The predicted octanol–water partition coefficient (Wildman–Crippen LogP) is 3.94. The number of benzene rings is 2. The number of rotatable bonds is 5. The maximum Gasteiger partial charge on any atom is 0.490 e. The number of alkyl halides is 3. The maximum absolute atomic E-state index is 13.0. The van der Waals surface area contributed by atoms with Gasteiger partial charge in [-0.25, -0.2) is 14.0 Å². The first kappa shape index (κ1) is 25.4. The first-order valence-electron chi connectivity index (χ1n) is 10.8. The molecule has 4 N–H and O–H groups in total. The lowest BCUT2D eigenvalue weighted by molar-refractivity contribution is -0.192. The van der Waals surface area contributed by atoms with E-state index in [1.165, 1.54) is 17.7 Å². The molecule has 7 nitrogen and oxygen atoms in total. The van der Waals surface area contributed by atoms with E-state index in [-0.39, 0.29) is 17.5 Å². The summed E-state index contributed by atoms with van der Waals surface area (Å²) < 4.78 is 44.8. The van der Waals surface area contributed by atoms with E-state index in [9.17, 15) is 22.4 Å². The highest BCUT2D eigenvalue weighted by molar-refractivity contribution is 5.75. The Hall–Kier alpha value is -3.18. The van der Waals surface area contributed by atoms with Crippen molar-refractivity contribution < 1.29 is 27.5 Å². The minimum absolute atomic E-state index is 0.170. The number of imidazole rings is 1. The van der Waals surface area contributed by atoms with Gasteiger partial charge in [-0.3, -0.25) is 4.90 Å². The summed E-state index contributed by atoms with van der Waals surface area (Å²) in [5.74, 6) is -2.94. The third-order valence-electron chi connectivity index (χ3n) is 5.68. The minimum atomic E-state index is -5.08. The van der Waals surface area contributed by atoms with Gasteiger partial charge in [-0.1, -0.05) is 18.2 Å². The van der Waals surface area contributed by atoms with Crippen LogP contribution in [0, 0.1) is 5.82 Å². The Morgan fingerprint density at radius 1 is 1.12 bits per heavy atom. The highest BCUT2D eigenvalue weighted by Gasteiger charge is 2.38. The molecule has 3 aromatic rings. The first-order chi connectivity index (χ1) is 16.0. The number of carboxylic acid groups (broad SMARTS) is 1. The lowest BCUT2D eigenvalue weighted by atomic mass is 10.0. The van der Waals surface area contributed by atoms with E-state index < -0.39 is 12.1 Å². The molecule has 11 heteroatoms. The number of fused-ring (bicyclic) bond motifs is 1. The van der Waals surface area contributed by atoms with Crippen molar-refractivity contribution in [3.8, 4) is 0 Å². The van der Waals surface area contributed by atoms with E-state index in [2.05, 4.69) is 33.2 Å². The molecule has 0 spiro atoms. The van der Waals surface area contributed by atoms with Gasteiger partial charge in [-0.05, 0) is 68.2 Å². The van der Waals surface area contributed by atoms with Crippen LogP contribution in [0.3, 0.4) is 0 Å². The van der Waals surface area contributed by atoms with Crippen LogP contribution in [-0.2, 0) is 11.3 Å². The number of halogens is 4. The fraction of sp³-hybridized carbons (Fsp3) is 0.391. The molecule has 1 fully saturated rings. The van der Waals surface area contributed by atoms with Gasteiger partial charge in [-0.15, -0.1) is 0 Å². The third kappa shape index (κ3) is 7.16. The number of nitrogens with one attached hydrogen (secondary N) is 3. The number of carboxylic acids is 1. The van der Waals surface area contributed by atoms with Crippen LogP contribution in [0.15, 0.2) is 47.3 Å². The summed E-state index contributed by atoms with van der Waals surface area (Å²) >= 11 is 0. The van der Waals surface area contributed by atoms with Gasteiger partial charge >= 0.3 is 17.8 Å². The standard InChI is InChI=1S/C21H25FN4O.C2HF3O2/c1-14(16-4-7-19-20(12-16)25-21(27)24-19)23-18-8-10-26(11-9-18)13-15-2-5-17(22)6-3-15;3-2(4,5)1(6)7/h2-7,12,14,18,23H,8-11,13H2,1H3,(H2,24,25,27);(H,6,7). The molecule has 1 aliphatic rings. The molecular weight excluding hydrogens is 456 g/mol. The molecule has 1 aromatic heterocycles. The molecule has 184 valence electrons. The number of aliphatic carboxylic acids is 1. The van der Waals surface area contributed by atoms with Crippen molar-refractivity contribution in [1.29, 1.82) is 0 Å². The zero-order valence-electron chi connectivity index (χ0n) is 18.5. The number of nitrogens with zero attached hydrogens (tertiary/aromatic N) is 1. The van der Waals surface area contributed by atoms with Gasteiger partial charge in [0.15, 0.2) is 0 Å². The fourth-order valence-electron chi connectivity index (χ4n) is 3.88. The van der Waals surface area contributed by atoms with Crippen molar-refractivity contribution in [2.75, 3.05) is 13.1 Å². The van der Waals surface area contributed by atoms with Crippen molar-refractivity contribution >= 4 is 17.0 Å². The quantitative estimate of drug-likeness (QED) is 0.413. The van der Waals surface area contributed by atoms with Crippen molar-refractivity contribution in [2.24, 2.45) is 0 Å². The molecule has 1 aliphatic heterocycles. The molecule has 1 atom stereocenters. The first-order valence-corrected chi connectivity index (χ1v) is 10.8. The van der Waals surface area contributed by atoms with Crippen molar-refractivity contribution in [3.63, 3.8) is 0 Å². The Bertz CT molecular complexity index is 1150. The van der Waals surface area contributed by atoms with Gasteiger partial charge in [0.2, 0.25) is 0 Å². The number of aromatic amines is 2. The van der Waals surface area contributed by atoms with Crippen LogP contribution >= 0.6 is 0 Å². The fourth-order valence-corrected chi connectivity index (χ4v) is 3.88. The average molecular weight is 482 g/mol. The molecular formula is C23H26F4N4O3. The van der Waals surface area contributed by atoms with Crippen molar-refractivity contribution in [3.05, 3.63) is 69.9 Å². The zero-order chi connectivity index (χ0) is 24.9. The number of aromatic nitrogens is 2. The second kappa shape index (κ2) is 10.8. The molecule has 0 amide bonds. The molecule has 0 aliphatic carbocycles. The van der Waals surface area contributed by atoms with E-state index in [0.717, 1.165) is 49.1 Å². The molecule has 1 saturated heterocycles. The van der Waals surface area contributed by atoms with Crippen LogP contribution in [0.1, 0.15) is 36.9 Å².